The summed E-state index contributed by atoms with van der Waals surface area (Å²) in [5.41, 5.74) is 1.39. The molecule has 1 aromatic rings. The molecule has 1 saturated heterocycles. The second-order valence-electron chi connectivity index (χ2n) is 6.24. The molecule has 0 aliphatic carbocycles. The van der Waals surface area contributed by atoms with Crippen LogP contribution in [-0.2, 0) is 11.2 Å². The summed E-state index contributed by atoms with van der Waals surface area (Å²) in [6.07, 6.45) is 3.47. The minimum atomic E-state index is 0.247. The Morgan fingerprint density at radius 3 is 2.95 bits per heavy atom. The van der Waals surface area contributed by atoms with Crippen LogP contribution < -0.4 is 5.32 Å². The molecular formula is C15H26N2OS. The van der Waals surface area contributed by atoms with Crippen LogP contribution in [-0.4, -0.2) is 31.3 Å². The van der Waals surface area contributed by atoms with Crippen molar-refractivity contribution >= 4 is 11.3 Å². The van der Waals surface area contributed by atoms with E-state index in [-0.39, 0.29) is 5.41 Å². The van der Waals surface area contributed by atoms with E-state index in [1.807, 2.05) is 0 Å². The lowest BCUT2D eigenvalue weighted by atomic mass is 9.79. The standard InChI is InChI=1S/C15H26N2OS/c1-12(2)8-16-10-15(5-4-6-18-11-15)7-14-17-13(3)9-19-14/h9,12,16H,4-8,10-11H2,1-3H3. The lowest BCUT2D eigenvalue weighted by molar-refractivity contribution is -0.00742. The van der Waals surface area contributed by atoms with Gasteiger partial charge in [0.05, 0.1) is 11.6 Å². The monoisotopic (exact) mass is 282 g/mol. The Balaban J connectivity index is 1.97. The van der Waals surface area contributed by atoms with Crippen molar-refractivity contribution in [3.05, 3.63) is 16.1 Å². The molecule has 0 spiro atoms. The third kappa shape index (κ3) is 4.55. The molecule has 1 aromatic heterocycles. The van der Waals surface area contributed by atoms with Crippen molar-refractivity contribution in [2.45, 2.75) is 40.0 Å². The van der Waals surface area contributed by atoms with Gasteiger partial charge in [0.1, 0.15) is 0 Å². The molecule has 1 unspecified atom stereocenters. The van der Waals surface area contributed by atoms with E-state index in [0.29, 0.717) is 5.92 Å². The van der Waals surface area contributed by atoms with E-state index in [0.717, 1.165) is 38.4 Å². The maximum atomic E-state index is 5.76. The Morgan fingerprint density at radius 2 is 2.37 bits per heavy atom. The SMILES string of the molecule is Cc1csc(CC2(CNCC(C)C)CCCOC2)n1. The molecule has 0 bridgehead atoms. The highest BCUT2D eigenvalue weighted by Gasteiger charge is 2.33. The van der Waals surface area contributed by atoms with Gasteiger partial charge in [0, 0.05) is 36.1 Å². The third-order valence-corrected chi connectivity index (χ3v) is 4.62. The Kier molecular flexibility index (Phi) is 5.37. The minimum absolute atomic E-state index is 0.247. The van der Waals surface area contributed by atoms with E-state index in [1.54, 1.807) is 11.3 Å². The first-order valence-corrected chi connectivity index (χ1v) is 8.17. The number of hydrogen-bond acceptors (Lipinski definition) is 4. The number of aryl methyl sites for hydroxylation is 1. The van der Waals surface area contributed by atoms with Gasteiger partial charge in [0.25, 0.3) is 0 Å². The molecule has 19 heavy (non-hydrogen) atoms. The van der Waals surface area contributed by atoms with Crippen LogP contribution in [0.15, 0.2) is 5.38 Å². The van der Waals surface area contributed by atoms with Crippen LogP contribution in [0.2, 0.25) is 0 Å². The molecule has 0 radical (unpaired) electrons. The van der Waals surface area contributed by atoms with Gasteiger partial charge < -0.3 is 10.1 Å². The van der Waals surface area contributed by atoms with Gasteiger partial charge in [0.15, 0.2) is 0 Å². The number of aromatic nitrogens is 1. The summed E-state index contributed by atoms with van der Waals surface area (Å²) in [6.45, 7) is 10.5. The van der Waals surface area contributed by atoms with E-state index < -0.39 is 0 Å². The summed E-state index contributed by atoms with van der Waals surface area (Å²) in [6, 6.07) is 0. The molecule has 1 aliphatic heterocycles. The number of ether oxygens (including phenoxy) is 1. The Hall–Kier alpha value is -0.450. The van der Waals surface area contributed by atoms with Crippen LogP contribution in [0, 0.1) is 18.3 Å². The molecule has 108 valence electrons. The molecule has 4 heteroatoms. The number of nitrogens with zero attached hydrogens (tertiary/aromatic N) is 1. The van der Waals surface area contributed by atoms with Gasteiger partial charge in [-0.3, -0.25) is 0 Å². The van der Waals surface area contributed by atoms with E-state index in [4.69, 9.17) is 4.74 Å². The lowest BCUT2D eigenvalue weighted by Crippen LogP contribution is -2.43. The normalized spacial score (nSPS) is 24.0. The van der Waals surface area contributed by atoms with Crippen molar-refractivity contribution in [1.29, 1.82) is 0 Å². The molecule has 0 aromatic carbocycles. The molecule has 1 aliphatic rings. The molecule has 1 atom stereocenters. The number of rotatable bonds is 6. The van der Waals surface area contributed by atoms with E-state index in [2.05, 4.69) is 36.5 Å². The van der Waals surface area contributed by atoms with Crippen molar-refractivity contribution in [3.63, 3.8) is 0 Å². The molecule has 3 nitrogen and oxygen atoms in total. The van der Waals surface area contributed by atoms with Crippen LogP contribution in [0.4, 0.5) is 0 Å². The van der Waals surface area contributed by atoms with E-state index in [9.17, 15) is 0 Å². The van der Waals surface area contributed by atoms with E-state index >= 15 is 0 Å². The van der Waals surface area contributed by atoms with Gasteiger partial charge in [-0.15, -0.1) is 11.3 Å². The first kappa shape index (κ1) is 14.9. The summed E-state index contributed by atoms with van der Waals surface area (Å²) in [7, 11) is 0. The highest BCUT2D eigenvalue weighted by Crippen LogP contribution is 2.33. The van der Waals surface area contributed by atoms with Crippen LogP contribution in [0.25, 0.3) is 0 Å². The fraction of sp³-hybridized carbons (Fsp3) is 0.800. The first-order valence-electron chi connectivity index (χ1n) is 7.29. The molecule has 0 saturated carbocycles. The largest absolute Gasteiger partial charge is 0.381 e. The highest BCUT2D eigenvalue weighted by molar-refractivity contribution is 7.09. The predicted octanol–water partition coefficient (Wildman–Crippen LogP) is 3.04. The molecule has 2 rings (SSSR count). The average Bonchev–Trinajstić information content (AvgIpc) is 2.75. The van der Waals surface area contributed by atoms with Gasteiger partial charge in [-0.1, -0.05) is 13.8 Å². The molecule has 1 fully saturated rings. The van der Waals surface area contributed by atoms with Crippen LogP contribution in [0.1, 0.15) is 37.4 Å². The Bertz CT molecular complexity index is 383. The highest BCUT2D eigenvalue weighted by atomic mass is 32.1. The van der Waals surface area contributed by atoms with Gasteiger partial charge in [-0.05, 0) is 32.2 Å². The number of thiazole rings is 1. The maximum absolute atomic E-state index is 5.76. The molecule has 2 heterocycles. The van der Waals surface area contributed by atoms with Crippen molar-refractivity contribution in [1.82, 2.24) is 10.3 Å². The zero-order chi connectivity index (χ0) is 13.7. The molecular weight excluding hydrogens is 256 g/mol. The quantitative estimate of drug-likeness (QED) is 0.871. The van der Waals surface area contributed by atoms with Gasteiger partial charge >= 0.3 is 0 Å². The summed E-state index contributed by atoms with van der Waals surface area (Å²) in [4.78, 5) is 4.63. The summed E-state index contributed by atoms with van der Waals surface area (Å²) in [5, 5.41) is 7.03. The lowest BCUT2D eigenvalue weighted by Gasteiger charge is -2.37. The smallest absolute Gasteiger partial charge is 0.0935 e. The van der Waals surface area contributed by atoms with Crippen LogP contribution >= 0.6 is 11.3 Å². The first-order chi connectivity index (χ1) is 9.10. The van der Waals surface area contributed by atoms with Crippen molar-refractivity contribution in [3.8, 4) is 0 Å². The van der Waals surface area contributed by atoms with Gasteiger partial charge in [-0.2, -0.15) is 0 Å². The maximum Gasteiger partial charge on any atom is 0.0935 e. The number of nitrogens with one attached hydrogen (secondary N) is 1. The topological polar surface area (TPSA) is 34.1 Å². The zero-order valence-corrected chi connectivity index (χ0v) is 13.2. The summed E-state index contributed by atoms with van der Waals surface area (Å²) < 4.78 is 5.76. The summed E-state index contributed by atoms with van der Waals surface area (Å²) >= 11 is 1.79. The minimum Gasteiger partial charge on any atom is -0.381 e. The fourth-order valence-corrected chi connectivity index (χ4v) is 3.63. The second-order valence-corrected chi connectivity index (χ2v) is 7.18. The molecule has 0 amide bonds. The van der Waals surface area contributed by atoms with Crippen LogP contribution in [0.5, 0.6) is 0 Å². The molecule has 1 N–H and O–H groups in total. The van der Waals surface area contributed by atoms with Crippen molar-refractivity contribution < 1.29 is 4.74 Å². The number of hydrogen-bond donors (Lipinski definition) is 1. The summed E-state index contributed by atoms with van der Waals surface area (Å²) in [5.74, 6) is 0.698. The average molecular weight is 282 g/mol. The predicted molar refractivity (Wildman–Crippen MR) is 80.7 cm³/mol. The van der Waals surface area contributed by atoms with Gasteiger partial charge in [0.2, 0.25) is 0 Å². The second kappa shape index (κ2) is 6.82. The van der Waals surface area contributed by atoms with Crippen molar-refractivity contribution in [2.75, 3.05) is 26.3 Å². The Morgan fingerprint density at radius 1 is 1.53 bits per heavy atom. The Labute approximate surface area is 120 Å². The van der Waals surface area contributed by atoms with Crippen molar-refractivity contribution in [2.24, 2.45) is 11.3 Å². The van der Waals surface area contributed by atoms with Gasteiger partial charge in [-0.25, -0.2) is 4.98 Å². The van der Waals surface area contributed by atoms with Crippen LogP contribution in [0.3, 0.4) is 0 Å². The fourth-order valence-electron chi connectivity index (χ4n) is 2.68. The third-order valence-electron chi connectivity index (χ3n) is 3.65. The zero-order valence-electron chi connectivity index (χ0n) is 12.4. The van der Waals surface area contributed by atoms with E-state index in [1.165, 1.54) is 17.8 Å².